The summed E-state index contributed by atoms with van der Waals surface area (Å²) in [6.07, 6.45) is 9.04. The predicted molar refractivity (Wildman–Crippen MR) is 108 cm³/mol. The zero-order valence-corrected chi connectivity index (χ0v) is 16.1. The monoisotopic (exact) mass is 407 g/mol. The molecule has 142 valence electrons. The van der Waals surface area contributed by atoms with Gasteiger partial charge in [-0.15, -0.1) is 0 Å². The second-order valence-electron chi connectivity index (χ2n) is 6.22. The van der Waals surface area contributed by atoms with Crippen molar-refractivity contribution in [3.05, 3.63) is 56.3 Å². The van der Waals surface area contributed by atoms with Crippen LogP contribution in [0.2, 0.25) is 10.0 Å². The van der Waals surface area contributed by atoms with Crippen LogP contribution in [0.1, 0.15) is 32.1 Å². The summed E-state index contributed by atoms with van der Waals surface area (Å²) < 4.78 is 0. The van der Waals surface area contributed by atoms with Gasteiger partial charge in [0.2, 0.25) is 11.6 Å². The Kier molecular flexibility index (Phi) is 6.47. The van der Waals surface area contributed by atoms with Crippen LogP contribution < -0.4 is 10.6 Å². The van der Waals surface area contributed by atoms with Gasteiger partial charge in [-0.3, -0.25) is 10.1 Å². The van der Waals surface area contributed by atoms with Gasteiger partial charge in [0.1, 0.15) is 6.33 Å². The van der Waals surface area contributed by atoms with E-state index in [2.05, 4.69) is 26.7 Å². The van der Waals surface area contributed by atoms with Crippen molar-refractivity contribution < 1.29 is 4.92 Å². The van der Waals surface area contributed by atoms with Crippen molar-refractivity contribution in [2.45, 2.75) is 32.1 Å². The third-order valence-corrected chi connectivity index (χ3v) is 5.05. The number of nitro groups is 1. The second-order valence-corrected chi connectivity index (χ2v) is 7.03. The smallest absolute Gasteiger partial charge is 0.353 e. The molecule has 9 heteroatoms. The van der Waals surface area contributed by atoms with E-state index < -0.39 is 4.92 Å². The third kappa shape index (κ3) is 5.08. The summed E-state index contributed by atoms with van der Waals surface area (Å²) in [5, 5.41) is 18.3. The highest BCUT2D eigenvalue weighted by atomic mass is 35.5. The van der Waals surface area contributed by atoms with Gasteiger partial charge in [0.15, 0.2) is 0 Å². The van der Waals surface area contributed by atoms with Gasteiger partial charge in [-0.05, 0) is 50.3 Å². The Balaban J connectivity index is 1.76. The van der Waals surface area contributed by atoms with Crippen molar-refractivity contribution in [3.63, 3.8) is 0 Å². The van der Waals surface area contributed by atoms with E-state index >= 15 is 0 Å². The molecular formula is C18H19Cl2N5O2. The van der Waals surface area contributed by atoms with Crippen molar-refractivity contribution >= 4 is 46.2 Å². The normalized spacial score (nSPS) is 13.8. The molecule has 2 N–H and O–H groups in total. The number of halogens is 2. The average molecular weight is 408 g/mol. The number of benzene rings is 1. The third-order valence-electron chi connectivity index (χ3n) is 4.31. The summed E-state index contributed by atoms with van der Waals surface area (Å²) >= 11 is 11.9. The zero-order chi connectivity index (χ0) is 19.2. The van der Waals surface area contributed by atoms with Crippen LogP contribution >= 0.6 is 23.2 Å². The predicted octanol–water partition coefficient (Wildman–Crippen LogP) is 5.74. The van der Waals surface area contributed by atoms with Crippen LogP contribution in [0.4, 0.5) is 23.0 Å². The molecule has 1 aromatic heterocycles. The Morgan fingerprint density at radius 2 is 1.96 bits per heavy atom. The summed E-state index contributed by atoms with van der Waals surface area (Å²) in [5.74, 6) is 0.279. The van der Waals surface area contributed by atoms with Crippen molar-refractivity contribution in [1.29, 1.82) is 0 Å². The van der Waals surface area contributed by atoms with Crippen molar-refractivity contribution in [2.24, 2.45) is 0 Å². The van der Waals surface area contributed by atoms with Crippen LogP contribution in [-0.4, -0.2) is 21.4 Å². The van der Waals surface area contributed by atoms with E-state index in [0.29, 0.717) is 22.3 Å². The Hall–Kier alpha value is -2.38. The number of rotatable bonds is 7. The molecule has 1 aromatic carbocycles. The topological polar surface area (TPSA) is 93.0 Å². The molecule has 0 aliphatic heterocycles. The number of aromatic nitrogens is 2. The zero-order valence-electron chi connectivity index (χ0n) is 14.5. The lowest BCUT2D eigenvalue weighted by atomic mass is 9.97. The average Bonchev–Trinajstić information content (AvgIpc) is 2.65. The maximum atomic E-state index is 11.6. The molecule has 0 saturated heterocycles. The number of hydrogen-bond acceptors (Lipinski definition) is 6. The van der Waals surface area contributed by atoms with E-state index in [9.17, 15) is 10.1 Å². The fourth-order valence-corrected chi connectivity index (χ4v) is 3.25. The first-order valence-electron chi connectivity index (χ1n) is 8.68. The van der Waals surface area contributed by atoms with Crippen molar-refractivity contribution in [2.75, 3.05) is 17.2 Å². The first kappa shape index (κ1) is 19.4. The Labute approximate surface area is 167 Å². The van der Waals surface area contributed by atoms with Crippen LogP contribution in [0.25, 0.3) is 0 Å². The molecule has 27 heavy (non-hydrogen) atoms. The molecule has 7 nitrogen and oxygen atoms in total. The molecule has 0 spiro atoms. The van der Waals surface area contributed by atoms with Gasteiger partial charge in [0.05, 0.1) is 15.0 Å². The molecule has 0 unspecified atom stereocenters. The number of allylic oxidation sites excluding steroid dienone is 1. The minimum atomic E-state index is -0.498. The van der Waals surface area contributed by atoms with Gasteiger partial charge in [-0.25, -0.2) is 9.97 Å². The van der Waals surface area contributed by atoms with Crippen LogP contribution in [0.15, 0.2) is 36.2 Å². The highest BCUT2D eigenvalue weighted by Gasteiger charge is 2.23. The number of nitrogens with one attached hydrogen (secondary N) is 2. The van der Waals surface area contributed by atoms with E-state index in [-0.39, 0.29) is 17.3 Å². The van der Waals surface area contributed by atoms with Gasteiger partial charge >= 0.3 is 5.69 Å². The quantitative estimate of drug-likeness (QED) is 0.345. The molecule has 3 rings (SSSR count). The minimum absolute atomic E-state index is 0.0905. The fraction of sp³-hybridized carbons (Fsp3) is 0.333. The van der Waals surface area contributed by atoms with Gasteiger partial charge in [0, 0.05) is 12.2 Å². The number of anilines is 3. The van der Waals surface area contributed by atoms with Gasteiger partial charge in [-0.2, -0.15) is 0 Å². The highest BCUT2D eigenvalue weighted by molar-refractivity contribution is 6.42. The fourth-order valence-electron chi connectivity index (χ4n) is 2.96. The molecule has 2 aromatic rings. The largest absolute Gasteiger partial charge is 0.364 e. The van der Waals surface area contributed by atoms with E-state index in [1.54, 1.807) is 18.2 Å². The SMILES string of the molecule is O=[N+]([O-])c1c(NCCC2=CCCCC2)ncnc1Nc1ccc(Cl)c(Cl)c1. The maximum Gasteiger partial charge on any atom is 0.353 e. The van der Waals surface area contributed by atoms with Gasteiger partial charge in [-0.1, -0.05) is 34.9 Å². The lowest BCUT2D eigenvalue weighted by Crippen LogP contribution is -2.10. The van der Waals surface area contributed by atoms with E-state index in [1.165, 1.54) is 24.7 Å². The Bertz CT molecular complexity index is 873. The molecular weight excluding hydrogens is 389 g/mol. The first-order chi connectivity index (χ1) is 13.0. The first-order valence-corrected chi connectivity index (χ1v) is 9.43. The molecule has 0 amide bonds. The summed E-state index contributed by atoms with van der Waals surface area (Å²) in [7, 11) is 0. The molecule has 1 aliphatic rings. The van der Waals surface area contributed by atoms with Gasteiger partial charge in [0.25, 0.3) is 0 Å². The lowest BCUT2D eigenvalue weighted by molar-refractivity contribution is -0.383. The van der Waals surface area contributed by atoms with Crippen molar-refractivity contribution in [3.8, 4) is 0 Å². The molecule has 0 bridgehead atoms. The maximum absolute atomic E-state index is 11.6. The summed E-state index contributed by atoms with van der Waals surface area (Å²) in [6, 6.07) is 4.86. The van der Waals surface area contributed by atoms with E-state index in [4.69, 9.17) is 23.2 Å². The molecule has 0 saturated carbocycles. The molecule has 1 heterocycles. The minimum Gasteiger partial charge on any atom is -0.364 e. The Morgan fingerprint density at radius 1 is 1.15 bits per heavy atom. The Morgan fingerprint density at radius 3 is 2.67 bits per heavy atom. The second kappa shape index (κ2) is 9.01. The number of hydrogen-bond donors (Lipinski definition) is 2. The van der Waals surface area contributed by atoms with Crippen LogP contribution in [0.3, 0.4) is 0 Å². The van der Waals surface area contributed by atoms with Crippen molar-refractivity contribution in [1.82, 2.24) is 9.97 Å². The van der Waals surface area contributed by atoms with Crippen LogP contribution in [0, 0.1) is 10.1 Å². The molecule has 0 fully saturated rings. The van der Waals surface area contributed by atoms with Crippen LogP contribution in [0.5, 0.6) is 0 Å². The van der Waals surface area contributed by atoms with Crippen LogP contribution in [-0.2, 0) is 0 Å². The summed E-state index contributed by atoms with van der Waals surface area (Å²) in [4.78, 5) is 19.2. The van der Waals surface area contributed by atoms with E-state index in [0.717, 1.165) is 19.3 Å². The van der Waals surface area contributed by atoms with E-state index in [1.807, 2.05) is 0 Å². The molecule has 1 aliphatic carbocycles. The highest BCUT2D eigenvalue weighted by Crippen LogP contribution is 2.33. The molecule has 0 atom stereocenters. The summed E-state index contributed by atoms with van der Waals surface area (Å²) in [5.41, 5.74) is 1.73. The summed E-state index contributed by atoms with van der Waals surface area (Å²) in [6.45, 7) is 0.579. The lowest BCUT2D eigenvalue weighted by Gasteiger charge is -2.14. The standard InChI is InChI=1S/C18H19Cl2N5O2/c19-14-7-6-13(10-15(14)20)24-18-16(25(26)27)17(22-11-23-18)21-9-8-12-4-2-1-3-5-12/h4,6-7,10-11H,1-3,5,8-9H2,(H2,21,22,23,24). The molecule has 0 radical (unpaired) electrons. The number of nitrogens with zero attached hydrogens (tertiary/aromatic N) is 3. The van der Waals surface area contributed by atoms with Gasteiger partial charge < -0.3 is 10.6 Å².